The van der Waals surface area contributed by atoms with E-state index in [1.54, 1.807) is 6.07 Å². The minimum absolute atomic E-state index is 0.0613. The topological polar surface area (TPSA) is 94.1 Å². The van der Waals surface area contributed by atoms with Crippen LogP contribution in [0.2, 0.25) is 0 Å². The molecule has 0 saturated carbocycles. The first-order valence-electron chi connectivity index (χ1n) is 5.93. The lowest BCUT2D eigenvalue weighted by Crippen LogP contribution is -2.33. The quantitative estimate of drug-likeness (QED) is 0.634. The third-order valence-corrected chi connectivity index (χ3v) is 2.87. The number of nitrogens with two attached hydrogens (primary N) is 1. The molecule has 0 fully saturated rings. The maximum Gasteiger partial charge on any atom is 0.311 e. The summed E-state index contributed by atoms with van der Waals surface area (Å²) in [5.41, 5.74) is 5.47. The fourth-order valence-corrected chi connectivity index (χ4v) is 1.81. The molecule has 0 amide bonds. The van der Waals surface area contributed by atoms with Gasteiger partial charge in [-0.15, -0.1) is 0 Å². The standard InChI is InChI=1S/C12H20N4O2/c1-5-9(12(2,3)4)14-10-7-6-8(16(17)18)11(13)15-10/h6-7,9H,5H2,1-4H3,(H3,13,14,15). The predicted molar refractivity (Wildman–Crippen MR) is 72.5 cm³/mol. The van der Waals surface area contributed by atoms with Crippen LogP contribution in [0.4, 0.5) is 17.3 Å². The fraction of sp³-hybridized carbons (Fsp3) is 0.583. The van der Waals surface area contributed by atoms with Crippen molar-refractivity contribution >= 4 is 17.3 Å². The number of hydrogen-bond acceptors (Lipinski definition) is 5. The van der Waals surface area contributed by atoms with Gasteiger partial charge in [-0.05, 0) is 17.9 Å². The van der Waals surface area contributed by atoms with E-state index in [9.17, 15) is 10.1 Å². The SMILES string of the molecule is CCC(Nc1ccc([N+](=O)[O-])c(N)n1)C(C)(C)C. The Morgan fingerprint density at radius 1 is 1.50 bits per heavy atom. The molecule has 1 unspecified atom stereocenters. The number of nitro groups is 1. The maximum atomic E-state index is 10.6. The Kier molecular flexibility index (Phi) is 4.11. The van der Waals surface area contributed by atoms with Crippen molar-refractivity contribution in [2.24, 2.45) is 5.41 Å². The molecule has 0 aliphatic heterocycles. The Labute approximate surface area is 107 Å². The first-order chi connectivity index (χ1) is 8.25. The largest absolute Gasteiger partial charge is 0.378 e. The smallest absolute Gasteiger partial charge is 0.311 e. The summed E-state index contributed by atoms with van der Waals surface area (Å²) in [6.07, 6.45) is 0.933. The molecule has 1 aromatic heterocycles. The predicted octanol–water partition coefficient (Wildman–Crippen LogP) is 2.81. The Morgan fingerprint density at radius 2 is 2.11 bits per heavy atom. The molecule has 0 bridgehead atoms. The molecule has 6 nitrogen and oxygen atoms in total. The van der Waals surface area contributed by atoms with Gasteiger partial charge in [-0.3, -0.25) is 10.1 Å². The van der Waals surface area contributed by atoms with Gasteiger partial charge in [-0.2, -0.15) is 0 Å². The molecule has 3 N–H and O–H groups in total. The highest BCUT2D eigenvalue weighted by Gasteiger charge is 2.23. The minimum Gasteiger partial charge on any atom is -0.378 e. The summed E-state index contributed by atoms with van der Waals surface area (Å²) in [7, 11) is 0. The van der Waals surface area contributed by atoms with Crippen LogP contribution in [0.5, 0.6) is 0 Å². The van der Waals surface area contributed by atoms with Crippen LogP contribution >= 0.6 is 0 Å². The molecule has 0 spiro atoms. The van der Waals surface area contributed by atoms with E-state index in [1.807, 2.05) is 0 Å². The molecule has 18 heavy (non-hydrogen) atoms. The summed E-state index contributed by atoms with van der Waals surface area (Å²) in [5.74, 6) is 0.508. The molecule has 0 radical (unpaired) electrons. The summed E-state index contributed by atoms with van der Waals surface area (Å²) >= 11 is 0. The van der Waals surface area contributed by atoms with Crippen molar-refractivity contribution in [1.82, 2.24) is 4.98 Å². The van der Waals surface area contributed by atoms with Gasteiger partial charge in [0.05, 0.1) is 4.92 Å². The highest BCUT2D eigenvalue weighted by molar-refractivity contribution is 5.57. The second-order valence-electron chi connectivity index (χ2n) is 5.33. The number of hydrogen-bond donors (Lipinski definition) is 2. The normalized spacial score (nSPS) is 13.1. The highest BCUT2D eigenvalue weighted by Crippen LogP contribution is 2.27. The van der Waals surface area contributed by atoms with E-state index in [1.165, 1.54) is 6.07 Å². The van der Waals surface area contributed by atoms with Crippen LogP contribution in [-0.4, -0.2) is 15.9 Å². The molecular weight excluding hydrogens is 232 g/mol. The number of pyridine rings is 1. The Balaban J connectivity index is 2.92. The molecule has 0 aliphatic carbocycles. The molecule has 1 aromatic rings. The zero-order valence-corrected chi connectivity index (χ0v) is 11.2. The Hall–Kier alpha value is -1.85. The lowest BCUT2D eigenvalue weighted by Gasteiger charge is -2.31. The average Bonchev–Trinajstić information content (AvgIpc) is 2.23. The van der Waals surface area contributed by atoms with Crippen molar-refractivity contribution in [3.05, 3.63) is 22.2 Å². The maximum absolute atomic E-state index is 10.6. The van der Waals surface area contributed by atoms with E-state index in [-0.39, 0.29) is 23.0 Å². The van der Waals surface area contributed by atoms with Gasteiger partial charge in [0.1, 0.15) is 5.82 Å². The van der Waals surface area contributed by atoms with Crippen molar-refractivity contribution in [3.8, 4) is 0 Å². The van der Waals surface area contributed by atoms with Crippen LogP contribution in [0.25, 0.3) is 0 Å². The number of nitrogens with zero attached hydrogens (tertiary/aromatic N) is 2. The zero-order chi connectivity index (χ0) is 13.9. The molecule has 0 aliphatic rings. The molecule has 100 valence electrons. The Bertz CT molecular complexity index is 440. The van der Waals surface area contributed by atoms with Gasteiger partial charge >= 0.3 is 5.69 Å². The van der Waals surface area contributed by atoms with E-state index in [2.05, 4.69) is 38.0 Å². The van der Waals surface area contributed by atoms with Gasteiger partial charge in [0.15, 0.2) is 0 Å². The molecule has 0 aromatic carbocycles. The second kappa shape index (κ2) is 5.20. The highest BCUT2D eigenvalue weighted by atomic mass is 16.6. The third kappa shape index (κ3) is 3.32. The zero-order valence-electron chi connectivity index (χ0n) is 11.2. The summed E-state index contributed by atoms with van der Waals surface area (Å²) in [6.45, 7) is 8.46. The molecule has 1 rings (SSSR count). The average molecular weight is 252 g/mol. The van der Waals surface area contributed by atoms with Gasteiger partial charge < -0.3 is 11.1 Å². The summed E-state index contributed by atoms with van der Waals surface area (Å²) in [5, 5.41) is 13.9. The van der Waals surface area contributed by atoms with E-state index < -0.39 is 4.92 Å². The van der Waals surface area contributed by atoms with Crippen molar-refractivity contribution in [3.63, 3.8) is 0 Å². The van der Waals surface area contributed by atoms with E-state index in [0.717, 1.165) is 6.42 Å². The lowest BCUT2D eigenvalue weighted by atomic mass is 9.85. The third-order valence-electron chi connectivity index (χ3n) is 2.87. The van der Waals surface area contributed by atoms with Crippen LogP contribution < -0.4 is 11.1 Å². The fourth-order valence-electron chi connectivity index (χ4n) is 1.81. The van der Waals surface area contributed by atoms with Gasteiger partial charge in [-0.25, -0.2) is 4.98 Å². The number of aromatic nitrogens is 1. The summed E-state index contributed by atoms with van der Waals surface area (Å²) in [6, 6.07) is 3.19. The van der Waals surface area contributed by atoms with Crippen LogP contribution in [0, 0.1) is 15.5 Å². The molecule has 6 heteroatoms. The van der Waals surface area contributed by atoms with Crippen molar-refractivity contribution < 1.29 is 4.92 Å². The number of nitrogens with one attached hydrogen (secondary N) is 1. The minimum atomic E-state index is -0.535. The van der Waals surface area contributed by atoms with Crippen LogP contribution in [0.15, 0.2) is 12.1 Å². The first-order valence-corrected chi connectivity index (χ1v) is 5.93. The van der Waals surface area contributed by atoms with E-state index in [0.29, 0.717) is 5.82 Å². The molecule has 0 saturated heterocycles. The van der Waals surface area contributed by atoms with Crippen LogP contribution in [0.1, 0.15) is 34.1 Å². The van der Waals surface area contributed by atoms with E-state index >= 15 is 0 Å². The first kappa shape index (κ1) is 14.2. The van der Waals surface area contributed by atoms with Crippen LogP contribution in [0.3, 0.4) is 0 Å². The number of rotatable bonds is 4. The monoisotopic (exact) mass is 252 g/mol. The van der Waals surface area contributed by atoms with Crippen LogP contribution in [-0.2, 0) is 0 Å². The number of nitrogen functional groups attached to an aromatic ring is 1. The van der Waals surface area contributed by atoms with Gasteiger partial charge in [0, 0.05) is 12.1 Å². The van der Waals surface area contributed by atoms with Crippen molar-refractivity contribution in [2.75, 3.05) is 11.1 Å². The summed E-state index contributed by atoms with van der Waals surface area (Å²) < 4.78 is 0. The van der Waals surface area contributed by atoms with Gasteiger partial charge in [0.2, 0.25) is 5.82 Å². The second-order valence-corrected chi connectivity index (χ2v) is 5.33. The molecule has 1 heterocycles. The van der Waals surface area contributed by atoms with Gasteiger partial charge in [0.25, 0.3) is 0 Å². The summed E-state index contributed by atoms with van der Waals surface area (Å²) in [4.78, 5) is 14.1. The number of anilines is 2. The molecule has 1 atom stereocenters. The van der Waals surface area contributed by atoms with Gasteiger partial charge in [-0.1, -0.05) is 27.7 Å². The Morgan fingerprint density at radius 3 is 2.50 bits per heavy atom. The van der Waals surface area contributed by atoms with Crippen molar-refractivity contribution in [2.45, 2.75) is 40.2 Å². The van der Waals surface area contributed by atoms with Crippen molar-refractivity contribution in [1.29, 1.82) is 0 Å². The lowest BCUT2D eigenvalue weighted by molar-refractivity contribution is -0.384. The van der Waals surface area contributed by atoms with E-state index in [4.69, 9.17) is 5.73 Å². The molecular formula is C12H20N4O2.